The Kier molecular flexibility index (Phi) is 4.07. The van der Waals surface area contributed by atoms with Crippen molar-refractivity contribution in [3.05, 3.63) is 33.9 Å². The van der Waals surface area contributed by atoms with E-state index in [1.54, 1.807) is 13.1 Å². The van der Waals surface area contributed by atoms with Crippen molar-refractivity contribution in [2.75, 3.05) is 38.5 Å². The van der Waals surface area contributed by atoms with Crippen LogP contribution in [0.1, 0.15) is 18.4 Å². The largest absolute Gasteiger partial charge is 0.383 e. The second kappa shape index (κ2) is 5.99. The third-order valence-electron chi connectivity index (χ3n) is 4.40. The van der Waals surface area contributed by atoms with Crippen molar-refractivity contribution >= 4 is 11.4 Å². The average Bonchev–Trinajstić information content (AvgIpc) is 3.32. The number of nitrogens with zero attached hydrogens (tertiary/aromatic N) is 3. The highest BCUT2D eigenvalue weighted by Crippen LogP contribution is 2.28. The summed E-state index contributed by atoms with van der Waals surface area (Å²) in [7, 11) is 1.72. The first-order valence-electron chi connectivity index (χ1n) is 7.59. The summed E-state index contributed by atoms with van der Waals surface area (Å²) >= 11 is 0. The minimum atomic E-state index is -0.343. The normalized spacial score (nSPS) is 20.4. The summed E-state index contributed by atoms with van der Waals surface area (Å²) in [6.07, 6.45) is 2.74. The standard InChI is InChI=1S/C15H22N4O2/c1-16-14-10-12(2-5-15(14)19(20)21)11-17-6-8-18(9-7-17)13-3-4-13/h2,5,10,13,16H,3-4,6-9,11H2,1H3. The third kappa shape index (κ3) is 3.33. The highest BCUT2D eigenvalue weighted by molar-refractivity contribution is 5.62. The van der Waals surface area contributed by atoms with Crippen molar-refractivity contribution in [2.45, 2.75) is 25.4 Å². The van der Waals surface area contributed by atoms with Crippen molar-refractivity contribution in [3.63, 3.8) is 0 Å². The van der Waals surface area contributed by atoms with Gasteiger partial charge in [0.1, 0.15) is 5.69 Å². The second-order valence-electron chi connectivity index (χ2n) is 5.90. The predicted molar refractivity (Wildman–Crippen MR) is 82.5 cm³/mol. The van der Waals surface area contributed by atoms with Gasteiger partial charge in [0.25, 0.3) is 5.69 Å². The summed E-state index contributed by atoms with van der Waals surface area (Å²) in [5, 5.41) is 13.9. The minimum Gasteiger partial charge on any atom is -0.383 e. The zero-order valence-electron chi connectivity index (χ0n) is 12.4. The van der Waals surface area contributed by atoms with Gasteiger partial charge in [-0.1, -0.05) is 6.07 Å². The first kappa shape index (κ1) is 14.3. The van der Waals surface area contributed by atoms with E-state index in [1.807, 2.05) is 12.1 Å². The van der Waals surface area contributed by atoms with E-state index in [2.05, 4.69) is 15.1 Å². The first-order chi connectivity index (χ1) is 10.2. The molecule has 0 atom stereocenters. The van der Waals surface area contributed by atoms with Crippen LogP contribution in [0.25, 0.3) is 0 Å². The molecule has 1 N–H and O–H groups in total. The van der Waals surface area contributed by atoms with Gasteiger partial charge < -0.3 is 5.32 Å². The van der Waals surface area contributed by atoms with Crippen LogP contribution in [0.3, 0.4) is 0 Å². The monoisotopic (exact) mass is 290 g/mol. The lowest BCUT2D eigenvalue weighted by atomic mass is 10.1. The molecule has 0 spiro atoms. The number of rotatable bonds is 5. The Morgan fingerprint density at radius 2 is 2.00 bits per heavy atom. The van der Waals surface area contributed by atoms with Crippen molar-refractivity contribution in [2.24, 2.45) is 0 Å². The van der Waals surface area contributed by atoms with E-state index in [0.717, 1.165) is 44.3 Å². The van der Waals surface area contributed by atoms with E-state index >= 15 is 0 Å². The molecule has 0 aromatic heterocycles. The van der Waals surface area contributed by atoms with Crippen LogP contribution in [0, 0.1) is 10.1 Å². The lowest BCUT2D eigenvalue weighted by Gasteiger charge is -2.34. The molecule has 0 radical (unpaired) electrons. The molecule has 1 saturated carbocycles. The molecule has 1 heterocycles. The van der Waals surface area contributed by atoms with Gasteiger partial charge in [-0.25, -0.2) is 0 Å². The maximum Gasteiger partial charge on any atom is 0.292 e. The van der Waals surface area contributed by atoms with E-state index in [9.17, 15) is 10.1 Å². The fraction of sp³-hybridized carbons (Fsp3) is 0.600. The smallest absolute Gasteiger partial charge is 0.292 e. The molecule has 114 valence electrons. The van der Waals surface area contributed by atoms with E-state index in [-0.39, 0.29) is 10.6 Å². The van der Waals surface area contributed by atoms with Gasteiger partial charge in [0.05, 0.1) is 4.92 Å². The molecule has 1 aliphatic carbocycles. The zero-order valence-corrected chi connectivity index (χ0v) is 12.4. The van der Waals surface area contributed by atoms with Crippen molar-refractivity contribution in [1.29, 1.82) is 0 Å². The first-order valence-corrected chi connectivity index (χ1v) is 7.59. The number of nitrogens with one attached hydrogen (secondary N) is 1. The van der Waals surface area contributed by atoms with Crippen LogP contribution < -0.4 is 5.32 Å². The summed E-state index contributed by atoms with van der Waals surface area (Å²) in [5.74, 6) is 0. The Labute approximate surface area is 124 Å². The second-order valence-corrected chi connectivity index (χ2v) is 5.90. The number of anilines is 1. The van der Waals surface area contributed by atoms with Crippen LogP contribution in [-0.2, 0) is 6.54 Å². The summed E-state index contributed by atoms with van der Waals surface area (Å²) in [6, 6.07) is 6.21. The topological polar surface area (TPSA) is 61.6 Å². The van der Waals surface area contributed by atoms with Crippen LogP contribution in [0.2, 0.25) is 0 Å². The summed E-state index contributed by atoms with van der Waals surface area (Å²) in [6.45, 7) is 5.34. The van der Waals surface area contributed by atoms with Gasteiger partial charge in [0.2, 0.25) is 0 Å². The summed E-state index contributed by atoms with van der Waals surface area (Å²) in [5.41, 5.74) is 1.86. The molecule has 6 nitrogen and oxygen atoms in total. The Balaban J connectivity index is 1.61. The van der Waals surface area contributed by atoms with Gasteiger partial charge in [0, 0.05) is 51.9 Å². The highest BCUT2D eigenvalue weighted by Gasteiger charge is 2.31. The molecule has 1 saturated heterocycles. The molecule has 2 aliphatic rings. The fourth-order valence-electron chi connectivity index (χ4n) is 3.03. The Bertz CT molecular complexity index is 522. The molecule has 6 heteroatoms. The van der Waals surface area contributed by atoms with Crippen LogP contribution in [0.15, 0.2) is 18.2 Å². The summed E-state index contributed by atoms with van der Waals surface area (Å²) in [4.78, 5) is 15.6. The van der Waals surface area contributed by atoms with Gasteiger partial charge in [0.15, 0.2) is 0 Å². The lowest BCUT2D eigenvalue weighted by molar-refractivity contribution is -0.384. The quantitative estimate of drug-likeness (QED) is 0.663. The van der Waals surface area contributed by atoms with Crippen LogP contribution >= 0.6 is 0 Å². The van der Waals surface area contributed by atoms with E-state index in [4.69, 9.17) is 0 Å². The average molecular weight is 290 g/mol. The number of hydrogen-bond donors (Lipinski definition) is 1. The zero-order chi connectivity index (χ0) is 14.8. The molecule has 1 aromatic carbocycles. The minimum absolute atomic E-state index is 0.139. The number of nitro groups is 1. The molecule has 1 aromatic rings. The number of hydrogen-bond acceptors (Lipinski definition) is 5. The van der Waals surface area contributed by atoms with Gasteiger partial charge >= 0.3 is 0 Å². The molecular formula is C15H22N4O2. The number of benzene rings is 1. The fourth-order valence-corrected chi connectivity index (χ4v) is 3.03. The molecule has 3 rings (SSSR count). The predicted octanol–water partition coefficient (Wildman–Crippen LogP) is 1.92. The maximum absolute atomic E-state index is 10.9. The highest BCUT2D eigenvalue weighted by atomic mass is 16.6. The van der Waals surface area contributed by atoms with E-state index < -0.39 is 0 Å². The van der Waals surface area contributed by atoms with Crippen LogP contribution in [-0.4, -0.2) is 54.0 Å². The third-order valence-corrected chi connectivity index (χ3v) is 4.40. The lowest BCUT2D eigenvalue weighted by Crippen LogP contribution is -2.46. The molecular weight excluding hydrogens is 268 g/mol. The molecule has 1 aliphatic heterocycles. The van der Waals surface area contributed by atoms with Crippen molar-refractivity contribution in [1.82, 2.24) is 9.80 Å². The van der Waals surface area contributed by atoms with Crippen molar-refractivity contribution in [3.8, 4) is 0 Å². The molecule has 0 bridgehead atoms. The van der Waals surface area contributed by atoms with E-state index in [1.165, 1.54) is 12.8 Å². The van der Waals surface area contributed by atoms with Crippen molar-refractivity contribution < 1.29 is 4.92 Å². The SMILES string of the molecule is CNc1cc(CN2CCN(C3CC3)CC2)ccc1[N+](=O)[O-]. The Morgan fingerprint density at radius 3 is 2.57 bits per heavy atom. The summed E-state index contributed by atoms with van der Waals surface area (Å²) < 4.78 is 0. The number of nitro benzene ring substituents is 1. The van der Waals surface area contributed by atoms with Gasteiger partial charge in [-0.05, 0) is 24.5 Å². The van der Waals surface area contributed by atoms with Gasteiger partial charge in [-0.2, -0.15) is 0 Å². The molecule has 21 heavy (non-hydrogen) atoms. The molecule has 0 amide bonds. The van der Waals surface area contributed by atoms with Gasteiger partial charge in [-0.3, -0.25) is 19.9 Å². The Morgan fingerprint density at radius 1 is 1.29 bits per heavy atom. The Hall–Kier alpha value is -1.66. The van der Waals surface area contributed by atoms with Crippen LogP contribution in [0.4, 0.5) is 11.4 Å². The number of piperazine rings is 1. The van der Waals surface area contributed by atoms with Gasteiger partial charge in [-0.15, -0.1) is 0 Å². The molecule has 0 unspecified atom stereocenters. The van der Waals surface area contributed by atoms with Crippen LogP contribution in [0.5, 0.6) is 0 Å². The van der Waals surface area contributed by atoms with E-state index in [0.29, 0.717) is 5.69 Å². The maximum atomic E-state index is 10.9. The molecule has 2 fully saturated rings.